The molecule has 3 aromatic rings. The van der Waals surface area contributed by atoms with Crippen molar-refractivity contribution in [2.45, 2.75) is 64.1 Å². The second-order valence-corrected chi connectivity index (χ2v) is 13.1. The highest BCUT2D eigenvalue weighted by molar-refractivity contribution is 7.92. The molecule has 0 bridgehead atoms. The Hall–Kier alpha value is -4.32. The Balaban J connectivity index is 1.77. The second-order valence-electron chi connectivity index (χ2n) is 11.2. The summed E-state index contributed by atoms with van der Waals surface area (Å²) < 4.78 is 41.8. The molecule has 1 fully saturated rings. The molecule has 44 heavy (non-hydrogen) atoms. The van der Waals surface area contributed by atoms with E-state index in [1.54, 1.807) is 13.0 Å². The lowest BCUT2D eigenvalue weighted by Crippen LogP contribution is -2.55. The summed E-state index contributed by atoms with van der Waals surface area (Å²) >= 11 is 0. The minimum atomic E-state index is -4.13. The average molecular weight is 625 g/mol. The molecule has 1 N–H and O–H groups in total. The average Bonchev–Trinajstić information content (AvgIpc) is 2.99. The first-order valence-electron chi connectivity index (χ1n) is 14.5. The quantitative estimate of drug-likeness (QED) is 0.226. The van der Waals surface area contributed by atoms with Crippen molar-refractivity contribution in [3.63, 3.8) is 0 Å². The van der Waals surface area contributed by atoms with E-state index in [0.29, 0.717) is 5.56 Å². The zero-order chi connectivity index (χ0) is 31.9. The number of sulfonamides is 1. The normalized spacial score (nSPS) is 14.4. The molecular weight excluding hydrogens is 587 g/mol. The van der Waals surface area contributed by atoms with E-state index in [4.69, 9.17) is 0 Å². The van der Waals surface area contributed by atoms with E-state index >= 15 is 0 Å². The smallest absolute Gasteiger partial charge is 0.271 e. The molecule has 12 heteroatoms. The van der Waals surface area contributed by atoms with Gasteiger partial charge < -0.3 is 10.2 Å². The van der Waals surface area contributed by atoms with Crippen LogP contribution >= 0.6 is 0 Å². The summed E-state index contributed by atoms with van der Waals surface area (Å²) in [7, 11) is -4.13. The molecule has 2 amide bonds. The molecule has 3 aromatic carbocycles. The lowest BCUT2D eigenvalue weighted by molar-refractivity contribution is -0.384. The van der Waals surface area contributed by atoms with Gasteiger partial charge in [-0.1, -0.05) is 73.9 Å². The summed E-state index contributed by atoms with van der Waals surface area (Å²) in [5.41, 5.74) is 0.931. The van der Waals surface area contributed by atoms with Crippen LogP contribution < -0.4 is 9.62 Å². The van der Waals surface area contributed by atoms with Crippen LogP contribution in [0.3, 0.4) is 0 Å². The summed E-state index contributed by atoms with van der Waals surface area (Å²) in [6.45, 7) is 0.526. The number of nitrogens with one attached hydrogen (secondary N) is 1. The number of hydrogen-bond acceptors (Lipinski definition) is 6. The van der Waals surface area contributed by atoms with Crippen LogP contribution in [0.15, 0.2) is 72.8 Å². The Morgan fingerprint density at radius 3 is 2.32 bits per heavy atom. The van der Waals surface area contributed by atoms with Crippen molar-refractivity contribution in [1.82, 2.24) is 10.2 Å². The standard InChI is InChI=1S/C32H37FN4O6S/c1-23-17-18-27(37(40)41)20-29(23)36(44(2,42)43)22-31(38)35(21-25-13-9-10-16-28(25)33)30(19-24-11-5-3-6-12-24)32(39)34-26-14-7-4-8-15-26/h3,5-6,9-13,16-18,20,26,30H,4,7-8,14-15,19,21-22H2,1-2H3,(H,34,39)/t30-/m1/s1. The van der Waals surface area contributed by atoms with Gasteiger partial charge in [0.25, 0.3) is 5.69 Å². The van der Waals surface area contributed by atoms with Gasteiger partial charge >= 0.3 is 0 Å². The Morgan fingerprint density at radius 2 is 1.68 bits per heavy atom. The fourth-order valence-corrected chi connectivity index (χ4v) is 6.38. The van der Waals surface area contributed by atoms with Crippen LogP contribution in [0, 0.1) is 22.9 Å². The number of nitro benzene ring substituents is 1. The lowest BCUT2D eigenvalue weighted by atomic mass is 9.94. The third-order valence-electron chi connectivity index (χ3n) is 7.87. The number of nitrogens with zero attached hydrogens (tertiary/aromatic N) is 3. The number of nitro groups is 1. The SMILES string of the molecule is Cc1ccc([N+](=O)[O-])cc1N(CC(=O)N(Cc1ccccc1F)[C@H](Cc1ccccc1)C(=O)NC1CCCCC1)S(C)(=O)=O. The molecule has 0 aromatic heterocycles. The van der Waals surface area contributed by atoms with Gasteiger partial charge in [-0.25, -0.2) is 12.8 Å². The van der Waals surface area contributed by atoms with E-state index in [1.165, 1.54) is 35.2 Å². The van der Waals surface area contributed by atoms with Crippen molar-refractivity contribution in [2.24, 2.45) is 0 Å². The fraction of sp³-hybridized carbons (Fsp3) is 0.375. The molecule has 0 heterocycles. The highest BCUT2D eigenvalue weighted by Gasteiger charge is 2.35. The molecular formula is C32H37FN4O6S. The minimum Gasteiger partial charge on any atom is -0.352 e. The Labute approximate surface area is 257 Å². The molecule has 1 atom stereocenters. The number of benzene rings is 3. The molecule has 0 radical (unpaired) electrons. The number of non-ortho nitro benzene ring substituents is 1. The molecule has 4 rings (SSSR count). The third-order valence-corrected chi connectivity index (χ3v) is 9.00. The van der Waals surface area contributed by atoms with Crippen LogP contribution in [-0.4, -0.2) is 54.9 Å². The van der Waals surface area contributed by atoms with Gasteiger partial charge in [0, 0.05) is 36.7 Å². The van der Waals surface area contributed by atoms with Crippen LogP contribution in [0.4, 0.5) is 15.8 Å². The zero-order valence-electron chi connectivity index (χ0n) is 24.8. The summed E-state index contributed by atoms with van der Waals surface area (Å²) in [6.07, 6.45) is 5.63. The summed E-state index contributed by atoms with van der Waals surface area (Å²) in [5, 5.41) is 14.6. The number of aryl methyl sites for hydroxylation is 1. The van der Waals surface area contributed by atoms with Crippen molar-refractivity contribution in [3.05, 3.63) is 105 Å². The maximum Gasteiger partial charge on any atom is 0.271 e. The molecule has 0 unspecified atom stereocenters. The number of rotatable bonds is 12. The second kappa shape index (κ2) is 14.4. The van der Waals surface area contributed by atoms with Gasteiger partial charge in [-0.2, -0.15) is 0 Å². The van der Waals surface area contributed by atoms with Gasteiger partial charge in [-0.05, 0) is 37.0 Å². The van der Waals surface area contributed by atoms with Gasteiger partial charge in [-0.15, -0.1) is 0 Å². The van der Waals surface area contributed by atoms with Crippen molar-refractivity contribution in [3.8, 4) is 0 Å². The monoisotopic (exact) mass is 624 g/mol. The highest BCUT2D eigenvalue weighted by atomic mass is 32.2. The first kappa shape index (κ1) is 32.6. The summed E-state index contributed by atoms with van der Waals surface area (Å²) in [6, 6.07) is 17.6. The molecule has 0 saturated heterocycles. The maximum absolute atomic E-state index is 15.0. The Bertz CT molecular complexity index is 1600. The number of amides is 2. The van der Waals surface area contributed by atoms with Gasteiger partial charge in [0.1, 0.15) is 18.4 Å². The van der Waals surface area contributed by atoms with Crippen LogP contribution in [0.1, 0.15) is 48.8 Å². The number of halogens is 1. The fourth-order valence-electron chi connectivity index (χ4n) is 5.48. The number of carbonyl (C=O) groups is 2. The minimum absolute atomic E-state index is 0.0350. The van der Waals surface area contributed by atoms with E-state index in [0.717, 1.165) is 54.3 Å². The maximum atomic E-state index is 15.0. The van der Waals surface area contributed by atoms with Crippen molar-refractivity contribution < 1.29 is 27.3 Å². The number of anilines is 1. The summed E-state index contributed by atoms with van der Waals surface area (Å²) in [4.78, 5) is 40.2. The van der Waals surface area contributed by atoms with Crippen LogP contribution in [0.5, 0.6) is 0 Å². The van der Waals surface area contributed by atoms with Crippen molar-refractivity contribution >= 4 is 33.2 Å². The van der Waals surface area contributed by atoms with E-state index in [2.05, 4.69) is 5.32 Å². The topological polar surface area (TPSA) is 130 Å². The molecule has 1 aliphatic rings. The largest absolute Gasteiger partial charge is 0.352 e. The molecule has 0 aliphatic heterocycles. The van der Waals surface area contributed by atoms with E-state index in [1.807, 2.05) is 30.3 Å². The lowest BCUT2D eigenvalue weighted by Gasteiger charge is -2.35. The Kier molecular flexibility index (Phi) is 10.7. The first-order valence-corrected chi connectivity index (χ1v) is 16.4. The molecule has 0 spiro atoms. The van der Waals surface area contributed by atoms with Crippen LogP contribution in [0.2, 0.25) is 0 Å². The van der Waals surface area contributed by atoms with Crippen LogP contribution in [-0.2, 0) is 32.6 Å². The number of carbonyl (C=O) groups excluding carboxylic acids is 2. The highest BCUT2D eigenvalue weighted by Crippen LogP contribution is 2.28. The predicted octanol–water partition coefficient (Wildman–Crippen LogP) is 4.90. The van der Waals surface area contributed by atoms with Gasteiger partial charge in [0.15, 0.2) is 0 Å². The molecule has 234 valence electrons. The molecule has 1 aliphatic carbocycles. The van der Waals surface area contributed by atoms with E-state index in [9.17, 15) is 32.5 Å². The van der Waals surface area contributed by atoms with Gasteiger partial charge in [0.2, 0.25) is 21.8 Å². The van der Waals surface area contributed by atoms with Crippen LogP contribution in [0.25, 0.3) is 0 Å². The zero-order valence-corrected chi connectivity index (χ0v) is 25.6. The van der Waals surface area contributed by atoms with E-state index < -0.39 is 45.2 Å². The Morgan fingerprint density at radius 1 is 1.02 bits per heavy atom. The first-order chi connectivity index (χ1) is 20.9. The van der Waals surface area contributed by atoms with Gasteiger partial charge in [-0.3, -0.25) is 24.0 Å². The predicted molar refractivity (Wildman–Crippen MR) is 166 cm³/mol. The van der Waals surface area contributed by atoms with Crippen molar-refractivity contribution in [2.75, 3.05) is 17.1 Å². The molecule has 1 saturated carbocycles. The van der Waals surface area contributed by atoms with E-state index in [-0.39, 0.29) is 35.9 Å². The van der Waals surface area contributed by atoms with Crippen molar-refractivity contribution in [1.29, 1.82) is 0 Å². The van der Waals surface area contributed by atoms with Gasteiger partial charge in [0.05, 0.1) is 16.9 Å². The molecule has 10 nitrogen and oxygen atoms in total. The third kappa shape index (κ3) is 8.40. The number of hydrogen-bond donors (Lipinski definition) is 1. The summed E-state index contributed by atoms with van der Waals surface area (Å²) in [5.74, 6) is -1.75.